The quantitative estimate of drug-likeness (QED) is 0.657. The second-order valence-electron chi connectivity index (χ2n) is 9.87. The Bertz CT molecular complexity index is 1070. The van der Waals surface area contributed by atoms with Gasteiger partial charge in [0.2, 0.25) is 5.91 Å². The number of halogens is 3. The highest BCUT2D eigenvalue weighted by Crippen LogP contribution is 2.41. The fraction of sp³-hybridized carbons (Fsp3) is 0.519. The number of hydrogen-bond donors (Lipinski definition) is 1. The van der Waals surface area contributed by atoms with Crippen LogP contribution in [0.5, 0.6) is 5.75 Å². The summed E-state index contributed by atoms with van der Waals surface area (Å²) in [7, 11) is 1.64. The number of hydrogen-bond acceptors (Lipinski definition) is 4. The number of alkyl halides is 3. The van der Waals surface area contributed by atoms with Gasteiger partial charge in [-0.3, -0.25) is 4.79 Å². The Morgan fingerprint density at radius 3 is 2.54 bits per heavy atom. The maximum atomic E-state index is 13.6. The molecule has 1 saturated carbocycles. The number of piperazine rings is 1. The van der Waals surface area contributed by atoms with Crippen LogP contribution in [0.4, 0.5) is 24.5 Å². The van der Waals surface area contributed by atoms with E-state index >= 15 is 0 Å². The molecule has 2 heterocycles. The number of nitrogens with one attached hydrogen (secondary N) is 1. The average molecular weight is 488 g/mol. The van der Waals surface area contributed by atoms with Gasteiger partial charge in [0.15, 0.2) is 0 Å². The number of anilines is 2. The molecule has 5 rings (SSSR count). The number of benzene rings is 2. The van der Waals surface area contributed by atoms with Gasteiger partial charge in [0, 0.05) is 31.4 Å². The van der Waals surface area contributed by atoms with Crippen molar-refractivity contribution in [3.8, 4) is 5.75 Å². The molecule has 2 aromatic rings. The number of amides is 1. The predicted octanol–water partition coefficient (Wildman–Crippen LogP) is 5.03. The first kappa shape index (κ1) is 23.8. The van der Waals surface area contributed by atoms with Crippen LogP contribution in [0.1, 0.15) is 43.2 Å². The Hall–Kier alpha value is -2.90. The molecule has 5 nitrogen and oxygen atoms in total. The molecular weight excluding hydrogens is 455 g/mol. The topological polar surface area (TPSA) is 44.8 Å². The van der Waals surface area contributed by atoms with Crippen LogP contribution >= 0.6 is 0 Å². The summed E-state index contributed by atoms with van der Waals surface area (Å²) in [5.41, 5.74) is 1.73. The Morgan fingerprint density at radius 1 is 1.03 bits per heavy atom. The molecule has 0 spiro atoms. The molecule has 188 valence electrons. The van der Waals surface area contributed by atoms with E-state index in [2.05, 4.69) is 15.1 Å². The Morgan fingerprint density at radius 2 is 1.80 bits per heavy atom. The van der Waals surface area contributed by atoms with Crippen LogP contribution in [0.2, 0.25) is 0 Å². The Labute approximate surface area is 204 Å². The van der Waals surface area contributed by atoms with Gasteiger partial charge in [-0.1, -0.05) is 31.4 Å². The average Bonchev–Trinajstić information content (AvgIpc) is 2.87. The van der Waals surface area contributed by atoms with Crippen LogP contribution in [-0.4, -0.2) is 44.7 Å². The van der Waals surface area contributed by atoms with Crippen molar-refractivity contribution in [2.45, 2.75) is 56.8 Å². The van der Waals surface area contributed by atoms with Gasteiger partial charge in [0.1, 0.15) is 5.75 Å². The molecule has 1 amide bonds. The predicted molar refractivity (Wildman–Crippen MR) is 130 cm³/mol. The van der Waals surface area contributed by atoms with Crippen molar-refractivity contribution in [3.63, 3.8) is 0 Å². The van der Waals surface area contributed by atoms with E-state index in [1.54, 1.807) is 13.2 Å². The number of fused-ring (bicyclic) bond motifs is 3. The lowest BCUT2D eigenvalue weighted by atomic mass is 9.82. The van der Waals surface area contributed by atoms with Gasteiger partial charge >= 0.3 is 6.18 Å². The minimum atomic E-state index is -4.41. The second-order valence-corrected chi connectivity index (χ2v) is 9.87. The summed E-state index contributed by atoms with van der Waals surface area (Å²) in [6, 6.07) is 11.8. The zero-order valence-electron chi connectivity index (χ0n) is 20.0. The van der Waals surface area contributed by atoms with Gasteiger partial charge in [-0.15, -0.1) is 0 Å². The molecule has 2 aromatic carbocycles. The van der Waals surface area contributed by atoms with Gasteiger partial charge in [0.05, 0.1) is 30.3 Å². The maximum absolute atomic E-state index is 13.6. The van der Waals surface area contributed by atoms with Crippen LogP contribution in [-0.2, 0) is 17.4 Å². The van der Waals surface area contributed by atoms with Crippen molar-refractivity contribution < 1.29 is 22.7 Å². The van der Waals surface area contributed by atoms with Gasteiger partial charge in [-0.2, -0.15) is 13.2 Å². The van der Waals surface area contributed by atoms with Crippen molar-refractivity contribution in [1.82, 2.24) is 5.32 Å². The van der Waals surface area contributed by atoms with E-state index in [1.165, 1.54) is 12.5 Å². The van der Waals surface area contributed by atoms with Crippen LogP contribution in [0.25, 0.3) is 0 Å². The zero-order valence-corrected chi connectivity index (χ0v) is 20.0. The van der Waals surface area contributed by atoms with E-state index in [1.807, 2.05) is 24.3 Å². The molecule has 0 unspecified atom stereocenters. The molecule has 1 aliphatic carbocycles. The number of para-hydroxylation sites is 2. The molecule has 0 aromatic heterocycles. The molecule has 1 N–H and O–H groups in total. The number of methoxy groups -OCH3 is 1. The van der Waals surface area contributed by atoms with Crippen LogP contribution in [0.3, 0.4) is 0 Å². The van der Waals surface area contributed by atoms with E-state index in [0.717, 1.165) is 48.9 Å². The van der Waals surface area contributed by atoms with E-state index in [4.69, 9.17) is 4.74 Å². The van der Waals surface area contributed by atoms with E-state index in [9.17, 15) is 18.0 Å². The van der Waals surface area contributed by atoms with Crippen molar-refractivity contribution in [1.29, 1.82) is 0 Å². The van der Waals surface area contributed by atoms with Crippen molar-refractivity contribution in [3.05, 3.63) is 53.6 Å². The molecule has 1 saturated heterocycles. The van der Waals surface area contributed by atoms with E-state index < -0.39 is 17.7 Å². The first-order valence-electron chi connectivity index (χ1n) is 12.5. The fourth-order valence-corrected chi connectivity index (χ4v) is 5.96. The zero-order chi connectivity index (χ0) is 24.6. The summed E-state index contributed by atoms with van der Waals surface area (Å²) in [4.78, 5) is 18.0. The van der Waals surface area contributed by atoms with Gasteiger partial charge in [-0.25, -0.2) is 0 Å². The third kappa shape index (κ3) is 4.80. The molecule has 3 aliphatic rings. The van der Waals surface area contributed by atoms with Crippen LogP contribution < -0.4 is 19.9 Å². The monoisotopic (exact) mass is 487 g/mol. The third-order valence-corrected chi connectivity index (χ3v) is 7.75. The number of ether oxygens (including phenoxy) is 1. The standard InChI is InChI=1S/C27H32F3N3O2/c1-35-25-10-6-5-9-23(25)32-13-14-33-22-12-11-19(27(28,29)30)15-18(22)16-21(24(33)17-32)26(34)31-20-7-3-2-4-8-20/h5-6,9-12,15,20-21,24H,2-4,7-8,13-14,16-17H2,1H3,(H,31,34)/t21-,24+/m0/s1. The van der Waals surface area contributed by atoms with Crippen molar-refractivity contribution in [2.75, 3.05) is 36.5 Å². The van der Waals surface area contributed by atoms with E-state index in [0.29, 0.717) is 31.6 Å². The lowest BCUT2D eigenvalue weighted by molar-refractivity contribution is -0.137. The highest BCUT2D eigenvalue weighted by molar-refractivity contribution is 5.83. The first-order chi connectivity index (χ1) is 16.8. The lowest BCUT2D eigenvalue weighted by Gasteiger charge is -2.50. The molecule has 8 heteroatoms. The minimum Gasteiger partial charge on any atom is -0.495 e. The summed E-state index contributed by atoms with van der Waals surface area (Å²) in [5, 5.41) is 3.24. The minimum absolute atomic E-state index is 0.0446. The maximum Gasteiger partial charge on any atom is 0.416 e. The number of carbonyl (C=O) groups is 1. The molecular formula is C27H32F3N3O2. The molecule has 0 bridgehead atoms. The van der Waals surface area contributed by atoms with Gasteiger partial charge in [-0.05, 0) is 55.2 Å². The first-order valence-corrected chi connectivity index (χ1v) is 12.5. The van der Waals surface area contributed by atoms with Gasteiger partial charge < -0.3 is 19.9 Å². The largest absolute Gasteiger partial charge is 0.495 e. The summed E-state index contributed by atoms with van der Waals surface area (Å²) in [5.74, 6) is 0.303. The lowest BCUT2D eigenvalue weighted by Crippen LogP contribution is -2.61. The SMILES string of the molecule is COc1ccccc1N1CCN2c3ccc(C(F)(F)F)cc3C[C@H](C(=O)NC3CCCCC3)[C@H]2C1. The molecule has 2 aliphatic heterocycles. The van der Waals surface area contributed by atoms with Gasteiger partial charge in [0.25, 0.3) is 0 Å². The smallest absolute Gasteiger partial charge is 0.416 e. The summed E-state index contributed by atoms with van der Waals surface area (Å²) in [6.07, 6.45) is 1.22. The summed E-state index contributed by atoms with van der Waals surface area (Å²) >= 11 is 0. The second kappa shape index (κ2) is 9.63. The van der Waals surface area contributed by atoms with Crippen molar-refractivity contribution >= 4 is 17.3 Å². The fourth-order valence-electron chi connectivity index (χ4n) is 5.96. The highest BCUT2D eigenvalue weighted by atomic mass is 19.4. The third-order valence-electron chi connectivity index (χ3n) is 7.75. The molecule has 2 atom stereocenters. The summed E-state index contributed by atoms with van der Waals surface area (Å²) in [6.45, 7) is 1.91. The number of carbonyl (C=O) groups excluding carboxylic acids is 1. The van der Waals surface area contributed by atoms with Crippen LogP contribution in [0.15, 0.2) is 42.5 Å². The highest BCUT2D eigenvalue weighted by Gasteiger charge is 2.43. The Kier molecular flexibility index (Phi) is 6.55. The number of nitrogens with zero attached hydrogens (tertiary/aromatic N) is 2. The molecule has 0 radical (unpaired) electrons. The molecule has 2 fully saturated rings. The van der Waals surface area contributed by atoms with Crippen molar-refractivity contribution in [2.24, 2.45) is 5.92 Å². The Balaban J connectivity index is 1.46. The normalized spacial score (nSPS) is 22.9. The number of rotatable bonds is 4. The van der Waals surface area contributed by atoms with Crippen LogP contribution in [0, 0.1) is 5.92 Å². The summed E-state index contributed by atoms with van der Waals surface area (Å²) < 4.78 is 45.9. The van der Waals surface area contributed by atoms with E-state index in [-0.39, 0.29) is 18.0 Å². The molecule has 35 heavy (non-hydrogen) atoms.